The van der Waals surface area contributed by atoms with E-state index in [1.165, 1.54) is 12.8 Å². The molecule has 2 saturated heterocycles. The first-order valence-corrected chi connectivity index (χ1v) is 7.34. The molecule has 2 fully saturated rings. The zero-order chi connectivity index (χ0) is 13.8. The van der Waals surface area contributed by atoms with Crippen LogP contribution in [0.4, 0.5) is 11.9 Å². The molecule has 7 heteroatoms. The van der Waals surface area contributed by atoms with Gasteiger partial charge in [0.1, 0.15) is 6.10 Å². The molecule has 1 aromatic rings. The first-order valence-electron chi connectivity index (χ1n) is 7.34. The lowest BCUT2D eigenvalue weighted by Gasteiger charge is -2.17. The Kier molecular flexibility index (Phi) is 4.15. The van der Waals surface area contributed by atoms with Crippen molar-refractivity contribution >= 4 is 11.9 Å². The van der Waals surface area contributed by atoms with Crippen LogP contribution in [0.3, 0.4) is 0 Å². The van der Waals surface area contributed by atoms with E-state index in [1.807, 2.05) is 6.92 Å². The minimum Gasteiger partial charge on any atom is -0.457 e. The highest BCUT2D eigenvalue weighted by Crippen LogP contribution is 2.21. The van der Waals surface area contributed by atoms with E-state index in [0.29, 0.717) is 24.5 Å². The number of nitrogens with one attached hydrogen (secondary N) is 1. The van der Waals surface area contributed by atoms with E-state index in [4.69, 9.17) is 9.47 Å². The van der Waals surface area contributed by atoms with Crippen LogP contribution < -0.4 is 15.0 Å². The average molecular weight is 279 g/mol. The van der Waals surface area contributed by atoms with Crippen molar-refractivity contribution in [2.24, 2.45) is 0 Å². The molecule has 110 valence electrons. The lowest BCUT2D eigenvalue weighted by atomic mass is 10.3. The molecule has 0 spiro atoms. The first-order chi connectivity index (χ1) is 9.85. The normalized spacial score (nSPS) is 22.2. The molecule has 0 aromatic carbocycles. The highest BCUT2D eigenvalue weighted by atomic mass is 16.6. The molecular weight excluding hydrogens is 258 g/mol. The highest BCUT2D eigenvalue weighted by Gasteiger charge is 2.21. The summed E-state index contributed by atoms with van der Waals surface area (Å²) in [6.07, 6.45) is 3.32. The number of hydrogen-bond acceptors (Lipinski definition) is 7. The monoisotopic (exact) mass is 279 g/mol. The van der Waals surface area contributed by atoms with Crippen LogP contribution >= 0.6 is 0 Å². The third-order valence-electron chi connectivity index (χ3n) is 3.49. The Labute approximate surface area is 118 Å². The van der Waals surface area contributed by atoms with Gasteiger partial charge in [-0.25, -0.2) is 0 Å². The van der Waals surface area contributed by atoms with Gasteiger partial charge in [0.15, 0.2) is 0 Å². The van der Waals surface area contributed by atoms with Gasteiger partial charge in [-0.15, -0.1) is 0 Å². The molecule has 0 bridgehead atoms. The lowest BCUT2D eigenvalue weighted by Crippen LogP contribution is -2.23. The summed E-state index contributed by atoms with van der Waals surface area (Å²) in [6.45, 7) is 6.15. The number of ether oxygens (including phenoxy) is 2. The fraction of sp³-hybridized carbons (Fsp3) is 0.769. The molecule has 7 nitrogen and oxygen atoms in total. The third-order valence-corrected chi connectivity index (χ3v) is 3.49. The molecule has 3 heterocycles. The molecule has 2 aliphatic heterocycles. The number of nitrogens with zero attached hydrogens (tertiary/aromatic N) is 4. The van der Waals surface area contributed by atoms with Gasteiger partial charge in [-0.1, -0.05) is 0 Å². The van der Waals surface area contributed by atoms with Crippen molar-refractivity contribution in [2.45, 2.75) is 32.3 Å². The molecule has 0 amide bonds. The summed E-state index contributed by atoms with van der Waals surface area (Å²) < 4.78 is 11.1. The fourth-order valence-corrected chi connectivity index (χ4v) is 2.45. The minimum absolute atomic E-state index is 0.0540. The molecule has 1 atom stereocenters. The summed E-state index contributed by atoms with van der Waals surface area (Å²) in [4.78, 5) is 15.4. The maximum atomic E-state index is 5.81. The van der Waals surface area contributed by atoms with E-state index in [9.17, 15) is 0 Å². The molecule has 20 heavy (non-hydrogen) atoms. The molecule has 2 aliphatic rings. The Morgan fingerprint density at radius 3 is 2.85 bits per heavy atom. The number of rotatable bonds is 5. The van der Waals surface area contributed by atoms with E-state index < -0.39 is 0 Å². The van der Waals surface area contributed by atoms with E-state index in [1.54, 1.807) is 0 Å². The van der Waals surface area contributed by atoms with Crippen LogP contribution in [0, 0.1) is 0 Å². The molecule has 0 saturated carbocycles. The molecular formula is C13H21N5O2. The zero-order valence-electron chi connectivity index (χ0n) is 11.8. The maximum absolute atomic E-state index is 5.81. The minimum atomic E-state index is 0.0540. The summed E-state index contributed by atoms with van der Waals surface area (Å²) in [5.74, 6) is 1.29. The van der Waals surface area contributed by atoms with Crippen LogP contribution in [0.15, 0.2) is 0 Å². The highest BCUT2D eigenvalue weighted by molar-refractivity contribution is 5.39. The van der Waals surface area contributed by atoms with Gasteiger partial charge in [0.2, 0.25) is 11.9 Å². The SMILES string of the molecule is CCNc1nc(OC2CCOC2)nc(N2CCCC2)n1. The number of hydrogen-bond donors (Lipinski definition) is 1. The fourth-order valence-electron chi connectivity index (χ4n) is 2.45. The molecule has 0 radical (unpaired) electrons. The van der Waals surface area contributed by atoms with Crippen LogP contribution in [0.25, 0.3) is 0 Å². The predicted octanol–water partition coefficient (Wildman–Crippen LogP) is 1.07. The van der Waals surface area contributed by atoms with Gasteiger partial charge in [-0.2, -0.15) is 15.0 Å². The van der Waals surface area contributed by atoms with Crippen LogP contribution in [0.2, 0.25) is 0 Å². The summed E-state index contributed by atoms with van der Waals surface area (Å²) >= 11 is 0. The summed E-state index contributed by atoms with van der Waals surface area (Å²) in [5.41, 5.74) is 0. The van der Waals surface area contributed by atoms with Crippen LogP contribution in [0.5, 0.6) is 6.01 Å². The zero-order valence-corrected chi connectivity index (χ0v) is 11.8. The van der Waals surface area contributed by atoms with Crippen molar-refractivity contribution < 1.29 is 9.47 Å². The number of aromatic nitrogens is 3. The van der Waals surface area contributed by atoms with Gasteiger partial charge in [-0.05, 0) is 19.8 Å². The summed E-state index contributed by atoms with van der Waals surface area (Å²) in [6, 6.07) is 0.397. The van der Waals surface area contributed by atoms with Gasteiger partial charge in [0.05, 0.1) is 13.2 Å². The van der Waals surface area contributed by atoms with Gasteiger partial charge in [0.25, 0.3) is 0 Å². The Morgan fingerprint density at radius 1 is 1.30 bits per heavy atom. The van der Waals surface area contributed by atoms with Crippen molar-refractivity contribution in [1.82, 2.24) is 15.0 Å². The Morgan fingerprint density at radius 2 is 2.15 bits per heavy atom. The molecule has 1 aromatic heterocycles. The predicted molar refractivity (Wildman–Crippen MR) is 75.3 cm³/mol. The maximum Gasteiger partial charge on any atom is 0.323 e. The Hall–Kier alpha value is -1.63. The van der Waals surface area contributed by atoms with Crippen LogP contribution in [-0.4, -0.2) is 53.9 Å². The third kappa shape index (κ3) is 3.09. The summed E-state index contributed by atoms with van der Waals surface area (Å²) in [5, 5.41) is 3.14. The second-order valence-electron chi connectivity index (χ2n) is 5.07. The van der Waals surface area contributed by atoms with Crippen LogP contribution in [0.1, 0.15) is 26.2 Å². The standard InChI is InChI=1S/C13H21N5O2/c1-2-14-11-15-12(18-6-3-4-7-18)17-13(16-11)20-10-5-8-19-9-10/h10H,2-9H2,1H3,(H,14,15,16,17). The van der Waals surface area contributed by atoms with Gasteiger partial charge in [0, 0.05) is 26.1 Å². The van der Waals surface area contributed by atoms with Gasteiger partial charge < -0.3 is 19.7 Å². The quantitative estimate of drug-likeness (QED) is 0.864. The van der Waals surface area contributed by atoms with Crippen molar-refractivity contribution in [3.63, 3.8) is 0 Å². The van der Waals surface area contributed by atoms with E-state index >= 15 is 0 Å². The largest absolute Gasteiger partial charge is 0.457 e. The van der Waals surface area contributed by atoms with Gasteiger partial charge in [-0.3, -0.25) is 0 Å². The topological polar surface area (TPSA) is 72.4 Å². The van der Waals surface area contributed by atoms with E-state index in [-0.39, 0.29) is 6.10 Å². The molecule has 3 rings (SSSR count). The second kappa shape index (κ2) is 6.21. The number of anilines is 2. The molecule has 0 aliphatic carbocycles. The lowest BCUT2D eigenvalue weighted by molar-refractivity contribution is 0.134. The Balaban J connectivity index is 1.79. The van der Waals surface area contributed by atoms with Crippen molar-refractivity contribution in [1.29, 1.82) is 0 Å². The van der Waals surface area contributed by atoms with Gasteiger partial charge >= 0.3 is 6.01 Å². The second-order valence-corrected chi connectivity index (χ2v) is 5.07. The molecule has 1 unspecified atom stereocenters. The van der Waals surface area contributed by atoms with Crippen molar-refractivity contribution in [2.75, 3.05) is 43.1 Å². The average Bonchev–Trinajstić information content (AvgIpc) is 3.11. The van der Waals surface area contributed by atoms with Crippen LogP contribution in [-0.2, 0) is 4.74 Å². The van der Waals surface area contributed by atoms with E-state index in [0.717, 1.165) is 32.7 Å². The molecule has 1 N–H and O–H groups in total. The Bertz CT molecular complexity index is 444. The summed E-state index contributed by atoms with van der Waals surface area (Å²) in [7, 11) is 0. The van der Waals surface area contributed by atoms with E-state index in [2.05, 4.69) is 25.2 Å². The smallest absolute Gasteiger partial charge is 0.323 e. The van der Waals surface area contributed by atoms with Crippen molar-refractivity contribution in [3.05, 3.63) is 0 Å². The van der Waals surface area contributed by atoms with Crippen molar-refractivity contribution in [3.8, 4) is 6.01 Å². The first kappa shape index (κ1) is 13.4.